The summed E-state index contributed by atoms with van der Waals surface area (Å²) in [5.41, 5.74) is 18.8. The van der Waals surface area contributed by atoms with Crippen molar-refractivity contribution in [3.05, 3.63) is 338 Å². The highest BCUT2D eigenvalue weighted by molar-refractivity contribution is 7.22. The molecule has 0 saturated heterocycles. The van der Waals surface area contributed by atoms with Gasteiger partial charge in [0.15, 0.2) is 11.6 Å². The maximum atomic E-state index is 13.8. The number of fused-ring (bicyclic) bond motifs is 11. The normalized spacial score (nSPS) is 11.6. The van der Waals surface area contributed by atoms with Crippen molar-refractivity contribution < 1.29 is 8.78 Å². The zero-order chi connectivity index (χ0) is 63.3. The van der Waals surface area contributed by atoms with Crippen LogP contribution < -0.4 is 0 Å². The Bertz CT molecular complexity index is 5580. The Morgan fingerprint density at radius 1 is 0.284 bits per heavy atom. The molecule has 0 spiro atoms. The molecule has 6 aromatic heterocycles. The van der Waals surface area contributed by atoms with Gasteiger partial charge in [-0.3, -0.25) is 0 Å². The van der Waals surface area contributed by atoms with Crippen molar-refractivity contribution in [1.82, 2.24) is 29.1 Å². The molecule has 0 unspecified atom stereocenters. The third-order valence-electron chi connectivity index (χ3n) is 17.6. The second-order valence-corrected chi connectivity index (χ2v) is 25.7. The molecule has 0 radical (unpaired) electrons. The van der Waals surface area contributed by atoms with Gasteiger partial charge in [-0.15, -0.1) is 22.7 Å². The summed E-state index contributed by atoms with van der Waals surface area (Å²) in [5.74, 6) is -0.0527. The second-order valence-electron chi connectivity index (χ2n) is 23.6. The summed E-state index contributed by atoms with van der Waals surface area (Å²) < 4.78 is 34.8. The highest BCUT2D eigenvalue weighted by atomic mass is 32.1. The number of para-hydroxylation sites is 4. The molecule has 0 N–H and O–H groups in total. The first kappa shape index (κ1) is 57.1. The van der Waals surface area contributed by atoms with Gasteiger partial charge in [-0.25, -0.2) is 28.7 Å². The second kappa shape index (κ2) is 24.3. The van der Waals surface area contributed by atoms with Crippen molar-refractivity contribution in [1.29, 1.82) is 0 Å². The van der Waals surface area contributed by atoms with Crippen molar-refractivity contribution in [3.63, 3.8) is 0 Å². The monoisotopic (exact) mass is 1260 g/mol. The van der Waals surface area contributed by atoms with Crippen molar-refractivity contribution in [2.75, 3.05) is 0 Å². The molecule has 450 valence electrons. The van der Waals surface area contributed by atoms with Crippen LogP contribution in [0.4, 0.5) is 8.78 Å². The summed E-state index contributed by atoms with van der Waals surface area (Å²) in [6.45, 7) is 0. The van der Waals surface area contributed by atoms with E-state index in [2.05, 4.69) is 245 Å². The fraction of sp³-hybridized carbons (Fsp3) is 0.0118. The third kappa shape index (κ3) is 10.9. The van der Waals surface area contributed by atoms with Crippen LogP contribution in [-0.4, -0.2) is 29.1 Å². The maximum Gasteiger partial charge on any atom is 0.160 e. The number of rotatable bonds is 8. The number of hydrogen-bond donors (Lipinski definition) is 0. The highest BCUT2D eigenvalue weighted by Crippen LogP contribution is 2.42. The van der Waals surface area contributed by atoms with Crippen LogP contribution in [0.2, 0.25) is 0 Å². The van der Waals surface area contributed by atoms with Crippen LogP contribution >= 0.6 is 22.7 Å². The molecular formula is C85H54F2N6S2. The predicted octanol–water partition coefficient (Wildman–Crippen LogP) is 23.1. The largest absolute Gasteiger partial charge is 0.309 e. The third-order valence-corrected chi connectivity index (χ3v) is 19.9. The molecule has 0 fully saturated rings. The number of halogens is 2. The molecule has 0 saturated carbocycles. The number of benzene rings is 12. The van der Waals surface area contributed by atoms with Gasteiger partial charge >= 0.3 is 0 Å². The molecule has 10 heteroatoms. The van der Waals surface area contributed by atoms with E-state index in [9.17, 15) is 8.78 Å². The van der Waals surface area contributed by atoms with Gasteiger partial charge in [-0.05, 0) is 130 Å². The van der Waals surface area contributed by atoms with E-state index in [4.69, 9.17) is 15.0 Å². The van der Waals surface area contributed by atoms with E-state index in [0.717, 1.165) is 99.5 Å². The first-order valence-electron chi connectivity index (χ1n) is 31.5. The summed E-state index contributed by atoms with van der Waals surface area (Å²) in [7, 11) is 0. The summed E-state index contributed by atoms with van der Waals surface area (Å²) in [4.78, 5) is 22.0. The summed E-state index contributed by atoms with van der Waals surface area (Å²) in [6.07, 6.45) is 1.10. The first-order chi connectivity index (χ1) is 46.9. The van der Waals surface area contributed by atoms with Crippen LogP contribution in [0.1, 0.15) is 11.1 Å². The molecular weight excluding hydrogens is 1210 g/mol. The van der Waals surface area contributed by atoms with Crippen molar-refractivity contribution in [2.45, 2.75) is 6.42 Å². The van der Waals surface area contributed by atoms with Crippen molar-refractivity contribution in [2.24, 2.45) is 0 Å². The van der Waals surface area contributed by atoms with Crippen molar-refractivity contribution >= 4 is 86.5 Å². The first-order valence-corrected chi connectivity index (χ1v) is 33.1. The lowest BCUT2D eigenvalue weighted by Crippen LogP contribution is -2.01. The van der Waals surface area contributed by atoms with Gasteiger partial charge < -0.3 is 9.13 Å². The molecule has 18 aromatic rings. The maximum absolute atomic E-state index is 13.8. The molecule has 0 atom stereocenters. The summed E-state index contributed by atoms with van der Waals surface area (Å²) >= 11 is 3.39. The Morgan fingerprint density at radius 2 is 0.632 bits per heavy atom. The molecule has 12 aromatic carbocycles. The Labute approximate surface area is 554 Å². The minimum Gasteiger partial charge on any atom is -0.309 e. The van der Waals surface area contributed by atoms with Gasteiger partial charge in [0.1, 0.15) is 11.6 Å². The molecule has 95 heavy (non-hydrogen) atoms. The zero-order valence-corrected chi connectivity index (χ0v) is 52.6. The lowest BCUT2D eigenvalue weighted by Gasteiger charge is -2.16. The Balaban J connectivity index is 0.000000135. The van der Waals surface area contributed by atoms with E-state index in [1.807, 2.05) is 60.7 Å². The van der Waals surface area contributed by atoms with Crippen LogP contribution in [0.5, 0.6) is 0 Å². The van der Waals surface area contributed by atoms with E-state index in [1.54, 1.807) is 28.7 Å². The van der Waals surface area contributed by atoms with Gasteiger partial charge in [0.05, 0.1) is 54.6 Å². The quantitative estimate of drug-likeness (QED) is 0.152. The molecule has 6 nitrogen and oxygen atoms in total. The van der Waals surface area contributed by atoms with Gasteiger partial charge in [0.2, 0.25) is 0 Å². The number of thiophene rings is 2. The Hall–Kier alpha value is -11.8. The average Bonchev–Trinajstić information content (AvgIpc) is 1.61. The lowest BCUT2D eigenvalue weighted by atomic mass is 10.1. The molecule has 0 bridgehead atoms. The topological polar surface area (TPSA) is 61.4 Å². The molecule has 1 aliphatic carbocycles. The predicted molar refractivity (Wildman–Crippen MR) is 391 cm³/mol. The SMILES string of the molecule is Fc1cc(F)cc(-c2cc(-c3cc4ccccc4s3)nc(-c3ccccc3)n2)c1.c1ccc(-c2nc(-c3cc(-n4c5ccccc5c5ccccc54)cc(-n4c5ccccc5c5ccccc54)c3)cc(-c3cc4ccccc4s3)n2)cc1.c1ccc2c(c1)Cc1ccccc1-2. The van der Waals surface area contributed by atoms with E-state index in [-0.39, 0.29) is 0 Å². The van der Waals surface area contributed by atoms with E-state index < -0.39 is 11.6 Å². The fourth-order valence-electron chi connectivity index (χ4n) is 13.3. The zero-order valence-electron chi connectivity index (χ0n) is 51.0. The summed E-state index contributed by atoms with van der Waals surface area (Å²) in [5, 5.41) is 7.26. The molecule has 19 rings (SSSR count). The summed E-state index contributed by atoms with van der Waals surface area (Å²) in [6, 6.07) is 107. The number of nitrogens with zero attached hydrogens (tertiary/aromatic N) is 6. The van der Waals surface area contributed by atoms with Crippen LogP contribution in [0.25, 0.3) is 153 Å². The Kier molecular flexibility index (Phi) is 14.6. The van der Waals surface area contributed by atoms with Crippen LogP contribution in [0.3, 0.4) is 0 Å². The standard InChI is InChI=1S/C48H30N4S.C24H14F2N2S.C13H10/c1-2-14-31(15-3-1)48-49-40(30-41(50-48)47-28-32-16-4-13-25-46(32)53-47)33-26-34(51-42-21-9-5-17-36(42)37-18-6-10-22-43(37)51)29-35(27-33)52-44-23-11-7-19-38(44)39-20-8-12-24-45(39)52;25-18-10-17(11-19(26)13-18)20-14-21(23-12-16-8-4-5-9-22(16)29-23)28-24(27-20)15-6-2-1-3-7-15;1-3-7-12-10(5-1)9-11-6-2-4-8-13(11)12/h1-30H;1-14H;1-8H,9H2. The van der Waals surface area contributed by atoms with Gasteiger partial charge in [0.25, 0.3) is 0 Å². The van der Waals surface area contributed by atoms with Crippen LogP contribution in [-0.2, 0) is 6.42 Å². The van der Waals surface area contributed by atoms with Gasteiger partial charge in [-0.1, -0.05) is 218 Å². The van der Waals surface area contributed by atoms with Gasteiger partial charge in [-0.2, -0.15) is 0 Å². The number of aromatic nitrogens is 6. The molecule has 6 heterocycles. The minimum absolute atomic E-state index is 0.379. The molecule has 0 aliphatic heterocycles. The smallest absolute Gasteiger partial charge is 0.160 e. The number of hydrogen-bond acceptors (Lipinski definition) is 6. The Morgan fingerprint density at radius 3 is 1.05 bits per heavy atom. The fourth-order valence-corrected chi connectivity index (χ4v) is 15.3. The van der Waals surface area contributed by atoms with Gasteiger partial charge in [0, 0.05) is 70.6 Å². The lowest BCUT2D eigenvalue weighted by molar-refractivity contribution is 0.584. The van der Waals surface area contributed by atoms with E-state index in [0.29, 0.717) is 22.9 Å². The average molecular weight is 1260 g/mol. The molecule has 1 aliphatic rings. The molecule has 0 amide bonds. The highest BCUT2D eigenvalue weighted by Gasteiger charge is 2.21. The van der Waals surface area contributed by atoms with Crippen LogP contribution in [0, 0.1) is 11.6 Å². The van der Waals surface area contributed by atoms with E-state index in [1.165, 1.54) is 66.0 Å². The van der Waals surface area contributed by atoms with Crippen molar-refractivity contribution in [3.8, 4) is 88.9 Å². The minimum atomic E-state index is -0.636. The van der Waals surface area contributed by atoms with E-state index >= 15 is 0 Å². The van der Waals surface area contributed by atoms with Crippen LogP contribution in [0.15, 0.2) is 315 Å².